The molecule has 0 aromatic heterocycles. The number of carbonyl (C=O) groups excluding carboxylic acids is 1. The molecule has 1 unspecified atom stereocenters. The zero-order valence-electron chi connectivity index (χ0n) is 11.0. The first-order valence-corrected chi connectivity index (χ1v) is 7.48. The Kier molecular flexibility index (Phi) is 7.38. The maximum atomic E-state index is 11.6. The fraction of sp³-hybridized carbons (Fsp3) is 0.909. The van der Waals surface area contributed by atoms with Crippen molar-refractivity contribution < 1.29 is 17.9 Å². The van der Waals surface area contributed by atoms with E-state index in [1.807, 2.05) is 6.92 Å². The Morgan fingerprint density at radius 2 is 1.88 bits per heavy atom. The predicted molar refractivity (Wildman–Crippen MR) is 67.0 cm³/mol. The van der Waals surface area contributed by atoms with E-state index >= 15 is 0 Å². The molecule has 6 heteroatoms. The molecule has 0 saturated heterocycles. The summed E-state index contributed by atoms with van der Waals surface area (Å²) < 4.78 is 30.1. The summed E-state index contributed by atoms with van der Waals surface area (Å²) in [7, 11) is -1.98. The summed E-state index contributed by atoms with van der Waals surface area (Å²) in [6.45, 7) is 6.55. The Hall–Kier alpha value is -0.620. The quantitative estimate of drug-likeness (QED) is 0.668. The van der Waals surface area contributed by atoms with Gasteiger partial charge < -0.3 is 4.74 Å². The summed E-state index contributed by atoms with van der Waals surface area (Å²) in [6.07, 6.45) is 0.426. The van der Waals surface area contributed by atoms with Gasteiger partial charge in [0.05, 0.1) is 12.9 Å². The van der Waals surface area contributed by atoms with E-state index in [4.69, 9.17) is 0 Å². The molecule has 0 aliphatic heterocycles. The van der Waals surface area contributed by atoms with Gasteiger partial charge in [0, 0.05) is 13.0 Å². The Bertz CT molecular complexity index is 324. The summed E-state index contributed by atoms with van der Waals surface area (Å²) in [4.78, 5) is 10.8. The largest absolute Gasteiger partial charge is 0.469 e. The van der Waals surface area contributed by atoms with Gasteiger partial charge in [0.2, 0.25) is 10.0 Å². The van der Waals surface area contributed by atoms with Crippen LogP contribution in [0.1, 0.15) is 33.6 Å². The summed E-state index contributed by atoms with van der Waals surface area (Å²) >= 11 is 0. The standard InChI is InChI=1S/C11H23NO4S/c1-9(2)10(3)8-12-17(14,15)7-5-6-11(13)16-4/h9-10,12H,5-8H2,1-4H3. The molecule has 0 radical (unpaired) electrons. The van der Waals surface area contributed by atoms with Crippen LogP contribution in [0.15, 0.2) is 0 Å². The first-order valence-electron chi connectivity index (χ1n) is 5.82. The van der Waals surface area contributed by atoms with Crippen LogP contribution < -0.4 is 4.72 Å². The van der Waals surface area contributed by atoms with E-state index in [1.54, 1.807) is 0 Å². The number of esters is 1. The first kappa shape index (κ1) is 16.4. The van der Waals surface area contributed by atoms with Gasteiger partial charge in [-0.1, -0.05) is 20.8 Å². The van der Waals surface area contributed by atoms with Crippen LogP contribution in [-0.2, 0) is 19.6 Å². The van der Waals surface area contributed by atoms with Gasteiger partial charge in [0.25, 0.3) is 0 Å². The number of sulfonamides is 1. The van der Waals surface area contributed by atoms with Gasteiger partial charge in [-0.25, -0.2) is 13.1 Å². The molecule has 0 saturated carbocycles. The molecule has 0 spiro atoms. The lowest BCUT2D eigenvalue weighted by atomic mass is 9.99. The van der Waals surface area contributed by atoms with Crippen molar-refractivity contribution >= 4 is 16.0 Å². The highest BCUT2D eigenvalue weighted by Gasteiger charge is 2.14. The fourth-order valence-electron chi connectivity index (χ4n) is 1.07. The van der Waals surface area contributed by atoms with Crippen molar-refractivity contribution in [2.75, 3.05) is 19.4 Å². The SMILES string of the molecule is COC(=O)CCCS(=O)(=O)NCC(C)C(C)C. The molecule has 5 nitrogen and oxygen atoms in total. The maximum absolute atomic E-state index is 11.6. The third kappa shape index (κ3) is 8.15. The Balaban J connectivity index is 3.93. The molecule has 0 aliphatic rings. The van der Waals surface area contributed by atoms with Crippen molar-refractivity contribution in [2.24, 2.45) is 11.8 Å². The Morgan fingerprint density at radius 1 is 1.29 bits per heavy atom. The first-order chi connectivity index (χ1) is 7.78. The van der Waals surface area contributed by atoms with Crippen LogP contribution >= 0.6 is 0 Å². The average molecular weight is 265 g/mol. The lowest BCUT2D eigenvalue weighted by molar-refractivity contribution is -0.140. The molecule has 102 valence electrons. The maximum Gasteiger partial charge on any atom is 0.305 e. The van der Waals surface area contributed by atoms with Gasteiger partial charge >= 0.3 is 5.97 Å². The molecule has 0 fully saturated rings. The van der Waals surface area contributed by atoms with Crippen LogP contribution in [0, 0.1) is 11.8 Å². The second-order valence-electron chi connectivity index (χ2n) is 4.57. The second kappa shape index (κ2) is 7.66. The van der Waals surface area contributed by atoms with Crippen LogP contribution in [0.25, 0.3) is 0 Å². The molecule has 0 rings (SSSR count). The lowest BCUT2D eigenvalue weighted by Crippen LogP contribution is -2.32. The molecular formula is C11H23NO4S. The fourth-order valence-corrected chi connectivity index (χ4v) is 2.26. The lowest BCUT2D eigenvalue weighted by Gasteiger charge is -2.16. The van der Waals surface area contributed by atoms with Gasteiger partial charge in [-0.3, -0.25) is 4.79 Å². The van der Waals surface area contributed by atoms with Gasteiger partial charge in [0.1, 0.15) is 0 Å². The number of ether oxygens (including phenoxy) is 1. The van der Waals surface area contributed by atoms with E-state index in [1.165, 1.54) is 7.11 Å². The summed E-state index contributed by atoms with van der Waals surface area (Å²) in [5, 5.41) is 0. The van der Waals surface area contributed by atoms with Crippen molar-refractivity contribution in [3.05, 3.63) is 0 Å². The molecule has 0 heterocycles. The van der Waals surface area contributed by atoms with E-state index in [-0.39, 0.29) is 24.6 Å². The molecule has 1 atom stereocenters. The van der Waals surface area contributed by atoms with Crippen LogP contribution in [0.2, 0.25) is 0 Å². The molecule has 0 aromatic carbocycles. The summed E-state index contributed by atoms with van der Waals surface area (Å²) in [6, 6.07) is 0. The Labute approximate surface area is 104 Å². The minimum absolute atomic E-state index is 0.0348. The van der Waals surface area contributed by atoms with Crippen LogP contribution in [0.5, 0.6) is 0 Å². The minimum atomic E-state index is -3.27. The second-order valence-corrected chi connectivity index (χ2v) is 6.49. The van der Waals surface area contributed by atoms with Crippen molar-refractivity contribution in [3.8, 4) is 0 Å². The summed E-state index contributed by atoms with van der Waals surface area (Å²) in [5.41, 5.74) is 0. The van der Waals surface area contributed by atoms with Crippen LogP contribution in [0.3, 0.4) is 0 Å². The Morgan fingerprint density at radius 3 is 2.35 bits per heavy atom. The number of hydrogen-bond donors (Lipinski definition) is 1. The van der Waals surface area contributed by atoms with Crippen molar-refractivity contribution in [3.63, 3.8) is 0 Å². The monoisotopic (exact) mass is 265 g/mol. The third-order valence-electron chi connectivity index (χ3n) is 2.78. The minimum Gasteiger partial charge on any atom is -0.469 e. The van der Waals surface area contributed by atoms with Crippen molar-refractivity contribution in [2.45, 2.75) is 33.6 Å². The van der Waals surface area contributed by atoms with E-state index in [9.17, 15) is 13.2 Å². The molecule has 0 aromatic rings. The number of hydrogen-bond acceptors (Lipinski definition) is 4. The van der Waals surface area contributed by atoms with E-state index in [0.29, 0.717) is 18.4 Å². The van der Waals surface area contributed by atoms with Gasteiger partial charge in [-0.05, 0) is 18.3 Å². The van der Waals surface area contributed by atoms with Crippen LogP contribution in [0.4, 0.5) is 0 Å². The van der Waals surface area contributed by atoms with Crippen molar-refractivity contribution in [1.29, 1.82) is 0 Å². The highest BCUT2D eigenvalue weighted by atomic mass is 32.2. The normalized spacial score (nSPS) is 13.7. The third-order valence-corrected chi connectivity index (χ3v) is 4.22. The smallest absolute Gasteiger partial charge is 0.305 e. The number of nitrogens with one attached hydrogen (secondary N) is 1. The molecule has 0 aliphatic carbocycles. The van der Waals surface area contributed by atoms with Crippen LogP contribution in [-0.4, -0.2) is 33.8 Å². The highest BCUT2D eigenvalue weighted by molar-refractivity contribution is 7.89. The number of carbonyl (C=O) groups is 1. The molecule has 0 bridgehead atoms. The van der Waals surface area contributed by atoms with Crippen molar-refractivity contribution in [1.82, 2.24) is 4.72 Å². The molecule has 17 heavy (non-hydrogen) atoms. The van der Waals surface area contributed by atoms with Gasteiger partial charge in [-0.15, -0.1) is 0 Å². The average Bonchev–Trinajstić information content (AvgIpc) is 2.25. The highest BCUT2D eigenvalue weighted by Crippen LogP contribution is 2.08. The van der Waals surface area contributed by atoms with Gasteiger partial charge in [-0.2, -0.15) is 0 Å². The number of methoxy groups -OCH3 is 1. The van der Waals surface area contributed by atoms with Gasteiger partial charge in [0.15, 0.2) is 0 Å². The van der Waals surface area contributed by atoms with E-state index < -0.39 is 10.0 Å². The summed E-state index contributed by atoms with van der Waals surface area (Å²) in [5.74, 6) is 0.321. The molecular weight excluding hydrogens is 242 g/mol. The van der Waals surface area contributed by atoms with E-state index in [0.717, 1.165) is 0 Å². The number of rotatable bonds is 8. The van der Waals surface area contributed by atoms with E-state index in [2.05, 4.69) is 23.3 Å². The topological polar surface area (TPSA) is 72.5 Å². The zero-order valence-corrected chi connectivity index (χ0v) is 11.8. The predicted octanol–water partition coefficient (Wildman–Crippen LogP) is 1.15. The zero-order chi connectivity index (χ0) is 13.5. The molecule has 0 amide bonds. The molecule has 1 N–H and O–H groups in total.